The van der Waals surface area contributed by atoms with E-state index in [1.165, 1.54) is 12.8 Å². The standard InChI is InChI=1S/C19H32O5S/c1-18-9-7-13(20)11-12(18)3-4-14-15-5-6-17(24-25(21,22)23)19(15,2)10-8-16(14)18/h12-17,20H,3-11H2,1-2H3,(H,21,22,23)/t12-,13+,14+,15+,16+,17-,18+,19+/m1/s1. The zero-order valence-electron chi connectivity index (χ0n) is 15.4. The van der Waals surface area contributed by atoms with Gasteiger partial charge in [0.1, 0.15) is 0 Å². The second-order valence-electron chi connectivity index (χ2n) is 9.72. The van der Waals surface area contributed by atoms with Gasteiger partial charge in [-0.1, -0.05) is 13.8 Å². The van der Waals surface area contributed by atoms with E-state index < -0.39 is 10.4 Å². The molecule has 0 aromatic heterocycles. The van der Waals surface area contributed by atoms with Crippen LogP contribution in [-0.4, -0.2) is 30.3 Å². The Bertz CT molecular complexity index is 634. The van der Waals surface area contributed by atoms with E-state index in [-0.39, 0.29) is 17.6 Å². The van der Waals surface area contributed by atoms with Gasteiger partial charge in [0.05, 0.1) is 12.2 Å². The monoisotopic (exact) mass is 372 g/mol. The van der Waals surface area contributed by atoms with Crippen LogP contribution in [0.1, 0.15) is 71.6 Å². The highest BCUT2D eigenvalue weighted by atomic mass is 32.3. The fourth-order valence-electron chi connectivity index (χ4n) is 7.49. The van der Waals surface area contributed by atoms with Crippen LogP contribution in [0.3, 0.4) is 0 Å². The Labute approximate surface area is 151 Å². The van der Waals surface area contributed by atoms with Gasteiger partial charge in [0, 0.05) is 0 Å². The summed E-state index contributed by atoms with van der Waals surface area (Å²) in [6, 6.07) is 0. The lowest BCUT2D eigenvalue weighted by atomic mass is 9.45. The molecule has 144 valence electrons. The maximum absolute atomic E-state index is 11.3. The van der Waals surface area contributed by atoms with Crippen LogP contribution in [0.4, 0.5) is 0 Å². The highest BCUT2D eigenvalue weighted by molar-refractivity contribution is 7.80. The Morgan fingerprint density at radius 2 is 1.60 bits per heavy atom. The second kappa shape index (κ2) is 5.91. The molecule has 0 bridgehead atoms. The van der Waals surface area contributed by atoms with Crippen molar-refractivity contribution in [2.75, 3.05) is 0 Å². The fourth-order valence-corrected chi connectivity index (χ4v) is 8.10. The van der Waals surface area contributed by atoms with Gasteiger partial charge in [0.2, 0.25) is 0 Å². The van der Waals surface area contributed by atoms with Crippen molar-refractivity contribution in [3.8, 4) is 0 Å². The number of fused-ring (bicyclic) bond motifs is 5. The van der Waals surface area contributed by atoms with Crippen LogP contribution in [0.2, 0.25) is 0 Å². The van der Waals surface area contributed by atoms with Gasteiger partial charge >= 0.3 is 10.4 Å². The lowest BCUT2D eigenvalue weighted by molar-refractivity contribution is -0.131. The third-order valence-electron chi connectivity index (χ3n) is 8.79. The summed E-state index contributed by atoms with van der Waals surface area (Å²) in [5.41, 5.74) is 0.180. The number of rotatable bonds is 2. The van der Waals surface area contributed by atoms with E-state index in [0.717, 1.165) is 44.9 Å². The summed E-state index contributed by atoms with van der Waals surface area (Å²) in [5, 5.41) is 10.1. The zero-order chi connectivity index (χ0) is 18.0. The highest BCUT2D eigenvalue weighted by Crippen LogP contribution is 2.66. The molecular formula is C19H32O5S. The Kier molecular flexibility index (Phi) is 4.31. The van der Waals surface area contributed by atoms with Crippen molar-refractivity contribution in [2.24, 2.45) is 34.5 Å². The molecule has 4 saturated carbocycles. The van der Waals surface area contributed by atoms with Crippen LogP contribution < -0.4 is 0 Å². The maximum Gasteiger partial charge on any atom is 0.397 e. The van der Waals surface area contributed by atoms with Crippen LogP contribution in [0.25, 0.3) is 0 Å². The van der Waals surface area contributed by atoms with Crippen molar-refractivity contribution < 1.29 is 22.3 Å². The maximum atomic E-state index is 11.3. The fraction of sp³-hybridized carbons (Fsp3) is 1.00. The van der Waals surface area contributed by atoms with Gasteiger partial charge in [-0.05, 0) is 92.3 Å². The normalized spacial score (nSPS) is 53.0. The third kappa shape index (κ3) is 2.88. The van der Waals surface area contributed by atoms with Gasteiger partial charge < -0.3 is 5.11 Å². The summed E-state index contributed by atoms with van der Waals surface area (Å²) in [6.07, 6.45) is 8.69. The molecule has 0 unspecified atom stereocenters. The van der Waals surface area contributed by atoms with Gasteiger partial charge in [0.15, 0.2) is 0 Å². The summed E-state index contributed by atoms with van der Waals surface area (Å²) in [5.74, 6) is 2.43. The minimum atomic E-state index is -4.39. The molecule has 0 saturated heterocycles. The molecule has 4 aliphatic carbocycles. The quantitative estimate of drug-likeness (QED) is 0.724. The number of aliphatic hydroxyl groups is 1. The molecule has 2 N–H and O–H groups in total. The summed E-state index contributed by atoms with van der Waals surface area (Å²) in [6.45, 7) is 4.62. The average molecular weight is 373 g/mol. The molecule has 6 heteroatoms. The minimum absolute atomic E-state index is 0.123. The van der Waals surface area contributed by atoms with Crippen LogP contribution in [0.15, 0.2) is 0 Å². The molecule has 25 heavy (non-hydrogen) atoms. The molecule has 0 aromatic rings. The van der Waals surface area contributed by atoms with Crippen LogP contribution in [0, 0.1) is 34.5 Å². The predicted octanol–water partition coefficient (Wildman–Crippen LogP) is 3.58. The van der Waals surface area contributed by atoms with Gasteiger partial charge in [0.25, 0.3) is 0 Å². The van der Waals surface area contributed by atoms with E-state index >= 15 is 0 Å². The van der Waals surface area contributed by atoms with Crippen molar-refractivity contribution in [2.45, 2.75) is 83.8 Å². The summed E-state index contributed by atoms with van der Waals surface area (Å²) < 4.78 is 36.8. The molecule has 0 heterocycles. The Morgan fingerprint density at radius 1 is 0.920 bits per heavy atom. The van der Waals surface area contributed by atoms with E-state index in [0.29, 0.717) is 29.1 Å². The van der Waals surface area contributed by atoms with Crippen LogP contribution in [0.5, 0.6) is 0 Å². The number of aliphatic hydroxyl groups excluding tert-OH is 1. The van der Waals surface area contributed by atoms with Crippen LogP contribution >= 0.6 is 0 Å². The molecule has 8 atom stereocenters. The average Bonchev–Trinajstić information content (AvgIpc) is 2.83. The van der Waals surface area contributed by atoms with Gasteiger partial charge in [-0.15, -0.1) is 0 Å². The minimum Gasteiger partial charge on any atom is -0.393 e. The van der Waals surface area contributed by atoms with Crippen molar-refractivity contribution in [1.82, 2.24) is 0 Å². The van der Waals surface area contributed by atoms with Gasteiger partial charge in [-0.2, -0.15) is 8.42 Å². The molecular weight excluding hydrogens is 340 g/mol. The van der Waals surface area contributed by atoms with E-state index in [4.69, 9.17) is 8.74 Å². The van der Waals surface area contributed by atoms with Crippen molar-refractivity contribution >= 4 is 10.4 Å². The Hall–Kier alpha value is -0.170. The van der Waals surface area contributed by atoms with Crippen molar-refractivity contribution in [1.29, 1.82) is 0 Å². The Morgan fingerprint density at radius 3 is 2.32 bits per heavy atom. The highest BCUT2D eigenvalue weighted by Gasteiger charge is 2.61. The Balaban J connectivity index is 1.58. The molecule has 0 aromatic carbocycles. The third-order valence-corrected chi connectivity index (χ3v) is 9.26. The summed E-state index contributed by atoms with van der Waals surface area (Å²) >= 11 is 0. The summed E-state index contributed by atoms with van der Waals surface area (Å²) in [4.78, 5) is 0. The molecule has 5 nitrogen and oxygen atoms in total. The van der Waals surface area contributed by atoms with Gasteiger partial charge in [-0.3, -0.25) is 4.55 Å². The summed E-state index contributed by atoms with van der Waals surface area (Å²) in [7, 11) is -4.39. The smallest absolute Gasteiger partial charge is 0.393 e. The van der Waals surface area contributed by atoms with E-state index in [1.807, 2.05) is 0 Å². The number of hydrogen-bond acceptors (Lipinski definition) is 4. The molecule has 0 amide bonds. The van der Waals surface area contributed by atoms with Crippen molar-refractivity contribution in [3.63, 3.8) is 0 Å². The van der Waals surface area contributed by atoms with Crippen molar-refractivity contribution in [3.05, 3.63) is 0 Å². The first-order chi connectivity index (χ1) is 11.6. The first-order valence-corrected chi connectivity index (χ1v) is 11.3. The van der Waals surface area contributed by atoms with E-state index in [1.54, 1.807) is 0 Å². The van der Waals surface area contributed by atoms with E-state index in [9.17, 15) is 13.5 Å². The SMILES string of the molecule is C[C@]12CC[C@H](O)C[C@H]1CC[C@@H]1[C@@H]2CC[C@]2(C)[C@H](OS(=O)(=O)O)CC[C@@H]12. The topological polar surface area (TPSA) is 83.8 Å². The molecule has 4 rings (SSSR count). The van der Waals surface area contributed by atoms with E-state index in [2.05, 4.69) is 13.8 Å². The second-order valence-corrected chi connectivity index (χ2v) is 10.8. The lowest BCUT2D eigenvalue weighted by Crippen LogP contribution is -2.54. The predicted molar refractivity (Wildman–Crippen MR) is 94.2 cm³/mol. The molecule has 0 spiro atoms. The number of hydrogen-bond donors (Lipinski definition) is 2. The molecule has 4 fully saturated rings. The molecule has 4 aliphatic rings. The zero-order valence-corrected chi connectivity index (χ0v) is 16.2. The molecule has 0 radical (unpaired) electrons. The first-order valence-electron chi connectivity index (χ1n) is 9.97. The van der Waals surface area contributed by atoms with Crippen LogP contribution in [-0.2, 0) is 14.6 Å². The molecule has 0 aliphatic heterocycles. The largest absolute Gasteiger partial charge is 0.397 e. The lowest BCUT2D eigenvalue weighted by Gasteiger charge is -2.60. The first kappa shape index (κ1) is 18.2. The van der Waals surface area contributed by atoms with Gasteiger partial charge in [-0.25, -0.2) is 4.18 Å².